The lowest BCUT2D eigenvalue weighted by Crippen LogP contribution is -2.48. The number of hydrogen-bond donors (Lipinski definition) is 2. The number of aryl methyl sites for hydroxylation is 1. The number of nitrogens with one attached hydrogen (secondary N) is 2. The third-order valence-corrected chi connectivity index (χ3v) is 6.54. The van der Waals surface area contributed by atoms with Crippen molar-refractivity contribution < 1.29 is 17.6 Å². The van der Waals surface area contributed by atoms with Crippen LogP contribution >= 0.6 is 0 Å². The molecule has 0 saturated carbocycles. The molecule has 3 aromatic rings. The second-order valence-corrected chi connectivity index (χ2v) is 9.06. The molecule has 1 amide bonds. The summed E-state index contributed by atoms with van der Waals surface area (Å²) >= 11 is 0. The van der Waals surface area contributed by atoms with Crippen LogP contribution in [0.25, 0.3) is 0 Å². The Morgan fingerprint density at radius 1 is 0.935 bits per heavy atom. The molecule has 5 nitrogen and oxygen atoms in total. The van der Waals surface area contributed by atoms with Crippen molar-refractivity contribution in [3.05, 3.63) is 101 Å². The number of halogens is 1. The van der Waals surface area contributed by atoms with Gasteiger partial charge in [0.05, 0.1) is 6.04 Å². The van der Waals surface area contributed by atoms with Crippen LogP contribution in [-0.2, 0) is 21.2 Å². The van der Waals surface area contributed by atoms with Crippen molar-refractivity contribution in [2.45, 2.75) is 37.2 Å². The van der Waals surface area contributed by atoms with Gasteiger partial charge in [0.25, 0.3) is 0 Å². The van der Waals surface area contributed by atoms with Gasteiger partial charge in [-0.05, 0) is 49.1 Å². The highest BCUT2D eigenvalue weighted by Gasteiger charge is 2.28. The fraction of sp³-hybridized carbons (Fsp3) is 0.208. The van der Waals surface area contributed by atoms with E-state index in [1.54, 1.807) is 0 Å². The molecule has 162 valence electrons. The van der Waals surface area contributed by atoms with E-state index in [4.69, 9.17) is 0 Å². The molecule has 0 aliphatic rings. The van der Waals surface area contributed by atoms with Crippen LogP contribution in [0.1, 0.15) is 29.7 Å². The van der Waals surface area contributed by atoms with Crippen LogP contribution in [0.4, 0.5) is 4.39 Å². The van der Waals surface area contributed by atoms with Crippen molar-refractivity contribution in [3.8, 4) is 0 Å². The number of rotatable bonds is 8. The third-order valence-electron chi connectivity index (χ3n) is 5.04. The van der Waals surface area contributed by atoms with E-state index in [1.807, 2.05) is 68.4 Å². The fourth-order valence-corrected chi connectivity index (χ4v) is 4.69. The first-order valence-corrected chi connectivity index (χ1v) is 11.4. The first kappa shape index (κ1) is 22.7. The minimum Gasteiger partial charge on any atom is -0.348 e. The molecule has 3 aromatic carbocycles. The Labute approximate surface area is 182 Å². The van der Waals surface area contributed by atoms with Crippen LogP contribution in [0.2, 0.25) is 0 Å². The Morgan fingerprint density at radius 2 is 1.55 bits per heavy atom. The molecule has 0 bridgehead atoms. The van der Waals surface area contributed by atoms with E-state index in [2.05, 4.69) is 10.0 Å². The zero-order valence-corrected chi connectivity index (χ0v) is 18.2. The van der Waals surface area contributed by atoms with E-state index in [9.17, 15) is 17.6 Å². The van der Waals surface area contributed by atoms with Gasteiger partial charge in [-0.15, -0.1) is 0 Å². The van der Waals surface area contributed by atoms with Crippen LogP contribution in [0.5, 0.6) is 0 Å². The first-order chi connectivity index (χ1) is 14.8. The molecule has 0 aliphatic carbocycles. The molecule has 31 heavy (non-hydrogen) atoms. The van der Waals surface area contributed by atoms with E-state index in [-0.39, 0.29) is 12.5 Å². The van der Waals surface area contributed by atoms with Gasteiger partial charge in [-0.2, -0.15) is 4.72 Å². The Kier molecular flexibility index (Phi) is 7.20. The van der Waals surface area contributed by atoms with E-state index in [0.29, 0.717) is 0 Å². The molecule has 0 spiro atoms. The SMILES string of the molecule is Cc1ccccc1C(C)NC(=O)C(Cc1ccccc1)NS(=O)(=O)c1ccccc1F. The molecule has 0 aromatic heterocycles. The van der Waals surface area contributed by atoms with E-state index < -0.39 is 32.7 Å². The Bertz CT molecular complexity index is 1150. The van der Waals surface area contributed by atoms with Crippen molar-refractivity contribution in [2.75, 3.05) is 0 Å². The fourth-order valence-electron chi connectivity index (χ4n) is 3.42. The molecular weight excluding hydrogens is 415 g/mol. The van der Waals surface area contributed by atoms with Crippen LogP contribution in [0.15, 0.2) is 83.8 Å². The summed E-state index contributed by atoms with van der Waals surface area (Å²) in [6.45, 7) is 3.78. The van der Waals surface area contributed by atoms with Gasteiger partial charge in [0, 0.05) is 0 Å². The van der Waals surface area contributed by atoms with Crippen molar-refractivity contribution in [1.29, 1.82) is 0 Å². The van der Waals surface area contributed by atoms with Gasteiger partial charge < -0.3 is 5.32 Å². The Balaban J connectivity index is 1.86. The number of carbonyl (C=O) groups excluding carboxylic acids is 1. The number of hydrogen-bond acceptors (Lipinski definition) is 3. The second kappa shape index (κ2) is 9.85. The summed E-state index contributed by atoms with van der Waals surface area (Å²) in [4.78, 5) is 12.6. The summed E-state index contributed by atoms with van der Waals surface area (Å²) in [5.41, 5.74) is 2.73. The maximum absolute atomic E-state index is 14.1. The number of benzene rings is 3. The summed E-state index contributed by atoms with van der Waals surface area (Å²) in [5.74, 6) is -1.36. The molecule has 2 unspecified atom stereocenters. The summed E-state index contributed by atoms with van der Waals surface area (Å²) in [6, 6.07) is 20.4. The molecule has 0 aliphatic heterocycles. The molecule has 2 N–H and O–H groups in total. The van der Waals surface area contributed by atoms with E-state index in [0.717, 1.165) is 22.8 Å². The number of carbonyl (C=O) groups is 1. The minimum absolute atomic E-state index is 0.126. The average molecular weight is 441 g/mol. The molecule has 0 heterocycles. The van der Waals surface area contributed by atoms with Crippen LogP contribution in [0, 0.1) is 12.7 Å². The molecule has 7 heteroatoms. The van der Waals surface area contributed by atoms with Crippen molar-refractivity contribution in [1.82, 2.24) is 10.0 Å². The molecule has 0 radical (unpaired) electrons. The topological polar surface area (TPSA) is 75.3 Å². The lowest BCUT2D eigenvalue weighted by atomic mass is 10.0. The number of amides is 1. The summed E-state index contributed by atoms with van der Waals surface area (Å²) in [5, 5.41) is 2.89. The lowest BCUT2D eigenvalue weighted by Gasteiger charge is -2.23. The molecule has 0 saturated heterocycles. The highest BCUT2D eigenvalue weighted by Crippen LogP contribution is 2.18. The highest BCUT2D eigenvalue weighted by atomic mass is 32.2. The van der Waals surface area contributed by atoms with Gasteiger partial charge in [0.1, 0.15) is 16.8 Å². The summed E-state index contributed by atoms with van der Waals surface area (Å²) in [6.07, 6.45) is 0.126. The van der Waals surface area contributed by atoms with Crippen LogP contribution in [0.3, 0.4) is 0 Å². The van der Waals surface area contributed by atoms with Gasteiger partial charge in [0.2, 0.25) is 15.9 Å². The molecule has 3 rings (SSSR count). The molecule has 2 atom stereocenters. The minimum atomic E-state index is -4.25. The van der Waals surface area contributed by atoms with E-state index >= 15 is 0 Å². The third kappa shape index (κ3) is 5.77. The predicted octanol–water partition coefficient (Wildman–Crippen LogP) is 3.90. The van der Waals surface area contributed by atoms with Gasteiger partial charge in [-0.3, -0.25) is 4.79 Å². The first-order valence-electron chi connectivity index (χ1n) is 9.94. The van der Waals surface area contributed by atoms with Gasteiger partial charge in [-0.1, -0.05) is 66.7 Å². The lowest BCUT2D eigenvalue weighted by molar-refractivity contribution is -0.123. The van der Waals surface area contributed by atoms with Crippen molar-refractivity contribution in [2.24, 2.45) is 0 Å². The molecular formula is C24H25FN2O3S. The predicted molar refractivity (Wildman–Crippen MR) is 118 cm³/mol. The average Bonchev–Trinajstić information content (AvgIpc) is 2.74. The Morgan fingerprint density at radius 3 is 2.23 bits per heavy atom. The van der Waals surface area contributed by atoms with Gasteiger partial charge in [0.15, 0.2) is 0 Å². The van der Waals surface area contributed by atoms with Crippen molar-refractivity contribution >= 4 is 15.9 Å². The van der Waals surface area contributed by atoms with E-state index in [1.165, 1.54) is 18.2 Å². The zero-order valence-electron chi connectivity index (χ0n) is 17.4. The second-order valence-electron chi connectivity index (χ2n) is 7.38. The quantitative estimate of drug-likeness (QED) is 0.558. The molecule has 0 fully saturated rings. The maximum atomic E-state index is 14.1. The smallest absolute Gasteiger partial charge is 0.244 e. The summed E-state index contributed by atoms with van der Waals surface area (Å²) in [7, 11) is -4.25. The zero-order chi connectivity index (χ0) is 22.4. The van der Waals surface area contributed by atoms with Crippen LogP contribution in [-0.4, -0.2) is 20.4 Å². The normalized spacial score (nSPS) is 13.4. The summed E-state index contributed by atoms with van der Waals surface area (Å²) < 4.78 is 42.2. The highest BCUT2D eigenvalue weighted by molar-refractivity contribution is 7.89. The number of sulfonamides is 1. The largest absolute Gasteiger partial charge is 0.348 e. The standard InChI is InChI=1S/C24H25FN2O3S/c1-17-10-6-7-13-20(17)18(2)26-24(28)22(16-19-11-4-3-5-12-19)27-31(29,30)23-15-9-8-14-21(23)25/h3-15,18,22,27H,16H2,1-2H3,(H,26,28). The monoisotopic (exact) mass is 440 g/mol. The van der Waals surface area contributed by atoms with Crippen LogP contribution < -0.4 is 10.0 Å². The Hall–Kier alpha value is -3.03. The maximum Gasteiger partial charge on any atom is 0.244 e. The van der Waals surface area contributed by atoms with Gasteiger partial charge in [-0.25, -0.2) is 12.8 Å². The van der Waals surface area contributed by atoms with Crippen molar-refractivity contribution in [3.63, 3.8) is 0 Å². The van der Waals surface area contributed by atoms with Gasteiger partial charge >= 0.3 is 0 Å².